The molecule has 0 spiro atoms. The minimum Gasteiger partial charge on any atom is -0.481 e. The number of rotatable bonds is 15. The number of allylic oxidation sites excluding steroid dienone is 8. The molecule has 0 amide bonds. The number of hydrogen-bond acceptors (Lipinski definition) is 2. The van der Waals surface area contributed by atoms with E-state index in [0.717, 1.165) is 44.9 Å². The third-order valence-corrected chi connectivity index (χ3v) is 3.26. The highest BCUT2D eigenvalue weighted by molar-refractivity contribution is 5.66. The molecule has 0 aliphatic carbocycles. The summed E-state index contributed by atoms with van der Waals surface area (Å²) in [7, 11) is 0. The topological polar surface area (TPSA) is 74.6 Å². The number of carboxylic acid groups (broad SMARTS) is 2. The van der Waals surface area contributed by atoms with Gasteiger partial charge >= 0.3 is 11.9 Å². The smallest absolute Gasteiger partial charge is 0.303 e. The van der Waals surface area contributed by atoms with Gasteiger partial charge in [0.25, 0.3) is 0 Å². The van der Waals surface area contributed by atoms with Crippen LogP contribution in [0, 0.1) is 0 Å². The van der Waals surface area contributed by atoms with E-state index in [1.54, 1.807) is 0 Å². The average Bonchev–Trinajstić information content (AvgIpc) is 2.53. The zero-order valence-electron chi connectivity index (χ0n) is 14.4. The third kappa shape index (κ3) is 19.9. The molecule has 0 atom stereocenters. The third-order valence-electron chi connectivity index (χ3n) is 3.26. The molecule has 0 heterocycles. The summed E-state index contributed by atoms with van der Waals surface area (Å²) < 4.78 is 0. The second-order valence-corrected chi connectivity index (χ2v) is 5.52. The van der Waals surface area contributed by atoms with E-state index in [4.69, 9.17) is 10.2 Å². The second kappa shape index (κ2) is 17.3. The van der Waals surface area contributed by atoms with Gasteiger partial charge in [-0.2, -0.15) is 0 Å². The highest BCUT2D eigenvalue weighted by Gasteiger charge is 1.94. The van der Waals surface area contributed by atoms with Crippen molar-refractivity contribution in [3.05, 3.63) is 48.6 Å². The Kier molecular flexibility index (Phi) is 15.7. The summed E-state index contributed by atoms with van der Waals surface area (Å²) in [5.74, 6) is -1.45. The summed E-state index contributed by atoms with van der Waals surface area (Å²) in [5, 5.41) is 17.0. The summed E-state index contributed by atoms with van der Waals surface area (Å²) in [5.41, 5.74) is 0. The molecular formula is C20H30O4. The van der Waals surface area contributed by atoms with Crippen LogP contribution in [0.4, 0.5) is 0 Å². The van der Waals surface area contributed by atoms with E-state index in [9.17, 15) is 9.59 Å². The normalized spacial score (nSPS) is 12.2. The van der Waals surface area contributed by atoms with Crippen LogP contribution in [-0.4, -0.2) is 22.2 Å². The summed E-state index contributed by atoms with van der Waals surface area (Å²) in [6.07, 6.45) is 24.1. The molecule has 0 aliphatic rings. The van der Waals surface area contributed by atoms with Crippen LogP contribution >= 0.6 is 0 Å². The van der Waals surface area contributed by atoms with Crippen LogP contribution in [0.15, 0.2) is 48.6 Å². The number of carboxylic acids is 2. The van der Waals surface area contributed by atoms with Gasteiger partial charge in [-0.1, -0.05) is 48.6 Å². The molecule has 0 rings (SSSR count). The molecule has 0 aliphatic heterocycles. The van der Waals surface area contributed by atoms with Crippen LogP contribution in [0.5, 0.6) is 0 Å². The maximum absolute atomic E-state index is 10.3. The number of carbonyl (C=O) groups is 2. The van der Waals surface area contributed by atoms with Crippen LogP contribution in [0.3, 0.4) is 0 Å². The highest BCUT2D eigenvalue weighted by Crippen LogP contribution is 2.02. The van der Waals surface area contributed by atoms with E-state index in [0.29, 0.717) is 6.42 Å². The Bertz CT molecular complexity index is 445. The lowest BCUT2D eigenvalue weighted by Crippen LogP contribution is -1.92. The van der Waals surface area contributed by atoms with Gasteiger partial charge in [-0.05, 0) is 51.4 Å². The SMILES string of the molecule is O=C(O)CCCC=CCC=CCC=CCC=CCCCCC(=O)O. The standard InChI is InChI=1S/C20H30O4/c21-19(22)17-15-13-11-9-7-5-3-1-2-4-6-8-10-12-14-16-18-20(23)24/h1,3-4,6-7,9-10,12H,2,5,8,11,13-18H2,(H,21,22)(H,23,24). The van der Waals surface area contributed by atoms with Gasteiger partial charge in [0.05, 0.1) is 0 Å². The number of aliphatic carboxylic acids is 2. The van der Waals surface area contributed by atoms with Crippen LogP contribution in [0.2, 0.25) is 0 Å². The van der Waals surface area contributed by atoms with E-state index < -0.39 is 11.9 Å². The molecule has 134 valence electrons. The zero-order valence-corrected chi connectivity index (χ0v) is 14.4. The van der Waals surface area contributed by atoms with E-state index in [-0.39, 0.29) is 12.8 Å². The summed E-state index contributed by atoms with van der Waals surface area (Å²) in [4.78, 5) is 20.6. The van der Waals surface area contributed by atoms with Crippen molar-refractivity contribution in [1.29, 1.82) is 0 Å². The lowest BCUT2D eigenvalue weighted by Gasteiger charge is -1.92. The molecule has 4 nitrogen and oxygen atoms in total. The average molecular weight is 334 g/mol. The van der Waals surface area contributed by atoms with Crippen molar-refractivity contribution in [2.75, 3.05) is 0 Å². The quantitative estimate of drug-likeness (QED) is 0.315. The van der Waals surface area contributed by atoms with Crippen LogP contribution < -0.4 is 0 Å². The van der Waals surface area contributed by atoms with E-state index in [2.05, 4.69) is 42.5 Å². The lowest BCUT2D eigenvalue weighted by molar-refractivity contribution is -0.138. The molecule has 0 bridgehead atoms. The summed E-state index contributed by atoms with van der Waals surface area (Å²) >= 11 is 0. The monoisotopic (exact) mass is 334 g/mol. The molecule has 0 aromatic heterocycles. The number of unbranched alkanes of at least 4 members (excludes halogenated alkanes) is 3. The predicted octanol–water partition coefficient (Wildman–Crippen LogP) is 5.28. The van der Waals surface area contributed by atoms with Crippen molar-refractivity contribution >= 4 is 11.9 Å². The van der Waals surface area contributed by atoms with E-state index >= 15 is 0 Å². The van der Waals surface area contributed by atoms with Gasteiger partial charge in [-0.3, -0.25) is 9.59 Å². The Balaban J connectivity index is 3.43. The Morgan fingerprint density at radius 3 is 1.38 bits per heavy atom. The lowest BCUT2D eigenvalue weighted by atomic mass is 10.2. The fourth-order valence-corrected chi connectivity index (χ4v) is 1.96. The molecule has 24 heavy (non-hydrogen) atoms. The van der Waals surface area contributed by atoms with E-state index in [1.807, 2.05) is 6.08 Å². The van der Waals surface area contributed by atoms with Gasteiger partial charge in [0, 0.05) is 12.8 Å². The molecule has 0 radical (unpaired) electrons. The van der Waals surface area contributed by atoms with Crippen molar-refractivity contribution in [3.8, 4) is 0 Å². The van der Waals surface area contributed by atoms with E-state index in [1.165, 1.54) is 0 Å². The molecule has 4 heteroatoms. The molecule has 0 saturated carbocycles. The molecule has 0 aromatic rings. The first-order valence-corrected chi connectivity index (χ1v) is 8.66. The van der Waals surface area contributed by atoms with Gasteiger partial charge in [0.2, 0.25) is 0 Å². The van der Waals surface area contributed by atoms with Crippen molar-refractivity contribution in [1.82, 2.24) is 0 Å². The van der Waals surface area contributed by atoms with Crippen LogP contribution in [-0.2, 0) is 9.59 Å². The van der Waals surface area contributed by atoms with Crippen molar-refractivity contribution in [2.45, 2.75) is 64.2 Å². The second-order valence-electron chi connectivity index (χ2n) is 5.52. The summed E-state index contributed by atoms with van der Waals surface area (Å²) in [6.45, 7) is 0. The van der Waals surface area contributed by atoms with Gasteiger partial charge in [0.15, 0.2) is 0 Å². The fourth-order valence-electron chi connectivity index (χ4n) is 1.96. The maximum atomic E-state index is 10.3. The molecule has 0 aromatic carbocycles. The largest absolute Gasteiger partial charge is 0.481 e. The molecular weight excluding hydrogens is 304 g/mol. The first-order chi connectivity index (χ1) is 11.6. The van der Waals surface area contributed by atoms with Gasteiger partial charge < -0.3 is 10.2 Å². The Morgan fingerprint density at radius 1 is 0.542 bits per heavy atom. The van der Waals surface area contributed by atoms with Crippen molar-refractivity contribution in [2.24, 2.45) is 0 Å². The van der Waals surface area contributed by atoms with Crippen LogP contribution in [0.25, 0.3) is 0 Å². The zero-order chi connectivity index (χ0) is 17.9. The molecule has 0 fully saturated rings. The highest BCUT2D eigenvalue weighted by atomic mass is 16.4. The Morgan fingerprint density at radius 2 is 0.917 bits per heavy atom. The molecule has 0 unspecified atom stereocenters. The number of hydrogen-bond donors (Lipinski definition) is 2. The Labute approximate surface area is 145 Å². The van der Waals surface area contributed by atoms with Crippen LogP contribution in [0.1, 0.15) is 64.2 Å². The predicted molar refractivity (Wildman–Crippen MR) is 98.0 cm³/mol. The summed E-state index contributed by atoms with van der Waals surface area (Å²) in [6, 6.07) is 0. The first-order valence-electron chi connectivity index (χ1n) is 8.66. The minimum absolute atomic E-state index is 0.238. The molecule has 0 saturated heterocycles. The fraction of sp³-hybridized carbons (Fsp3) is 0.500. The first kappa shape index (κ1) is 21.9. The molecule has 2 N–H and O–H groups in total. The van der Waals surface area contributed by atoms with Crippen molar-refractivity contribution < 1.29 is 19.8 Å². The minimum atomic E-state index is -0.733. The van der Waals surface area contributed by atoms with Gasteiger partial charge in [-0.25, -0.2) is 0 Å². The maximum Gasteiger partial charge on any atom is 0.303 e. The van der Waals surface area contributed by atoms with Gasteiger partial charge in [-0.15, -0.1) is 0 Å². The Hall–Kier alpha value is -2.10. The van der Waals surface area contributed by atoms with Gasteiger partial charge in [0.1, 0.15) is 0 Å². The van der Waals surface area contributed by atoms with Crippen molar-refractivity contribution in [3.63, 3.8) is 0 Å².